The summed E-state index contributed by atoms with van der Waals surface area (Å²) in [5.74, 6) is 1.97. The molecule has 2 atom stereocenters. The second kappa shape index (κ2) is 7.02. The first-order valence-electron chi connectivity index (χ1n) is 10.1. The first kappa shape index (κ1) is 17.4. The van der Waals surface area contributed by atoms with Gasteiger partial charge in [-0.3, -0.25) is 5.10 Å². The molecule has 1 aliphatic heterocycles. The second-order valence-corrected chi connectivity index (χ2v) is 7.99. The lowest BCUT2D eigenvalue weighted by atomic mass is 10.0. The summed E-state index contributed by atoms with van der Waals surface area (Å²) in [4.78, 5) is 12.1. The molecule has 1 aromatic carbocycles. The predicted octanol–water partition coefficient (Wildman–Crippen LogP) is 2.70. The molecular weight excluding hydrogens is 350 g/mol. The number of aliphatic hydroxyl groups excluding tert-OH is 1. The van der Waals surface area contributed by atoms with Crippen molar-refractivity contribution >= 4 is 5.82 Å². The van der Waals surface area contributed by atoms with Gasteiger partial charge in [0.25, 0.3) is 0 Å². The number of nitrogens with one attached hydrogen (secondary N) is 1. The molecule has 0 bridgehead atoms. The average Bonchev–Trinajstić information content (AvgIpc) is 3.43. The summed E-state index contributed by atoms with van der Waals surface area (Å²) in [6, 6.07) is 12.2. The van der Waals surface area contributed by atoms with Crippen LogP contribution in [0.2, 0.25) is 0 Å². The number of nitrogens with zero attached hydrogens (tertiary/aromatic N) is 4. The molecule has 5 rings (SSSR count). The number of β-amino-alcohol motifs (C(OH)–C–C–N with tert-alkyl or cyclic N) is 1. The SMILES string of the molecule is Cc1cc(C[C@@H]2CN(c3nc(-c4ccccc4)nc4c3CCC4)C[C@H]2O)n[nH]1. The predicted molar refractivity (Wildman–Crippen MR) is 108 cm³/mol. The summed E-state index contributed by atoms with van der Waals surface area (Å²) in [6.07, 6.45) is 3.57. The Morgan fingerprint density at radius 3 is 2.79 bits per heavy atom. The summed E-state index contributed by atoms with van der Waals surface area (Å²) in [5, 5.41) is 18.0. The van der Waals surface area contributed by atoms with Gasteiger partial charge in [0.2, 0.25) is 0 Å². The third-order valence-electron chi connectivity index (χ3n) is 5.88. The van der Waals surface area contributed by atoms with Crippen LogP contribution in [-0.4, -0.2) is 44.5 Å². The fourth-order valence-electron chi connectivity index (χ4n) is 4.47. The van der Waals surface area contributed by atoms with Crippen molar-refractivity contribution in [2.75, 3.05) is 18.0 Å². The van der Waals surface area contributed by atoms with Crippen molar-refractivity contribution in [3.63, 3.8) is 0 Å². The zero-order chi connectivity index (χ0) is 19.1. The van der Waals surface area contributed by atoms with Crippen molar-refractivity contribution < 1.29 is 5.11 Å². The highest BCUT2D eigenvalue weighted by Crippen LogP contribution is 2.34. The number of fused-ring (bicyclic) bond motifs is 1. The van der Waals surface area contributed by atoms with Crippen molar-refractivity contribution in [1.29, 1.82) is 0 Å². The summed E-state index contributed by atoms with van der Waals surface area (Å²) in [7, 11) is 0. The number of rotatable bonds is 4. The van der Waals surface area contributed by atoms with E-state index in [1.165, 1.54) is 11.3 Å². The fraction of sp³-hybridized carbons (Fsp3) is 0.409. The Balaban J connectivity index is 1.45. The summed E-state index contributed by atoms with van der Waals surface area (Å²) in [5.41, 5.74) is 5.55. The molecule has 6 nitrogen and oxygen atoms in total. The van der Waals surface area contributed by atoms with E-state index in [1.807, 2.05) is 25.1 Å². The van der Waals surface area contributed by atoms with Gasteiger partial charge < -0.3 is 10.0 Å². The maximum Gasteiger partial charge on any atom is 0.161 e. The molecule has 1 fully saturated rings. The van der Waals surface area contributed by atoms with E-state index in [9.17, 15) is 5.11 Å². The smallest absolute Gasteiger partial charge is 0.161 e. The third-order valence-corrected chi connectivity index (χ3v) is 5.88. The Morgan fingerprint density at radius 2 is 2.00 bits per heavy atom. The molecule has 0 unspecified atom stereocenters. The van der Waals surface area contributed by atoms with E-state index in [4.69, 9.17) is 9.97 Å². The van der Waals surface area contributed by atoms with Crippen molar-refractivity contribution in [3.05, 3.63) is 59.0 Å². The van der Waals surface area contributed by atoms with Crippen molar-refractivity contribution in [1.82, 2.24) is 20.2 Å². The van der Waals surface area contributed by atoms with Crippen LogP contribution in [0, 0.1) is 12.8 Å². The maximum absolute atomic E-state index is 10.7. The Kier molecular flexibility index (Phi) is 4.36. The highest BCUT2D eigenvalue weighted by molar-refractivity contribution is 5.61. The minimum absolute atomic E-state index is 0.162. The molecule has 3 aromatic rings. The van der Waals surface area contributed by atoms with Gasteiger partial charge in [-0.05, 0) is 38.7 Å². The Labute approximate surface area is 164 Å². The first-order chi connectivity index (χ1) is 13.7. The minimum Gasteiger partial charge on any atom is -0.391 e. The quantitative estimate of drug-likeness (QED) is 0.733. The molecule has 1 saturated heterocycles. The molecule has 0 radical (unpaired) electrons. The van der Waals surface area contributed by atoms with Crippen LogP contribution in [0.1, 0.15) is 29.1 Å². The van der Waals surface area contributed by atoms with Crippen LogP contribution < -0.4 is 4.90 Å². The maximum atomic E-state index is 10.7. The molecule has 0 amide bonds. The van der Waals surface area contributed by atoms with E-state index < -0.39 is 0 Å². The van der Waals surface area contributed by atoms with Crippen molar-refractivity contribution in [2.45, 2.75) is 38.7 Å². The van der Waals surface area contributed by atoms with E-state index in [0.29, 0.717) is 6.54 Å². The number of anilines is 1. The van der Waals surface area contributed by atoms with Gasteiger partial charge in [-0.2, -0.15) is 5.10 Å². The molecule has 28 heavy (non-hydrogen) atoms. The summed E-state index contributed by atoms with van der Waals surface area (Å²) < 4.78 is 0. The van der Waals surface area contributed by atoms with Crippen LogP contribution >= 0.6 is 0 Å². The van der Waals surface area contributed by atoms with Crippen LogP contribution in [0.5, 0.6) is 0 Å². The second-order valence-electron chi connectivity index (χ2n) is 7.99. The van der Waals surface area contributed by atoms with Gasteiger partial charge in [-0.25, -0.2) is 9.97 Å². The number of aromatic nitrogens is 4. The monoisotopic (exact) mass is 375 g/mol. The van der Waals surface area contributed by atoms with E-state index in [2.05, 4.69) is 33.3 Å². The average molecular weight is 375 g/mol. The van der Waals surface area contributed by atoms with Crippen LogP contribution in [0.4, 0.5) is 5.82 Å². The lowest BCUT2D eigenvalue weighted by Gasteiger charge is -2.21. The molecule has 1 aliphatic carbocycles. The molecule has 0 saturated carbocycles. The number of aromatic amines is 1. The van der Waals surface area contributed by atoms with Gasteiger partial charge in [-0.15, -0.1) is 0 Å². The summed E-state index contributed by atoms with van der Waals surface area (Å²) >= 11 is 0. The molecular formula is C22H25N5O. The number of aliphatic hydroxyl groups is 1. The number of H-pyrrole nitrogens is 1. The largest absolute Gasteiger partial charge is 0.391 e. The number of benzene rings is 1. The summed E-state index contributed by atoms with van der Waals surface area (Å²) in [6.45, 7) is 3.42. The van der Waals surface area contributed by atoms with Crippen LogP contribution in [0.25, 0.3) is 11.4 Å². The molecule has 0 spiro atoms. The zero-order valence-corrected chi connectivity index (χ0v) is 16.1. The van der Waals surface area contributed by atoms with E-state index in [-0.39, 0.29) is 12.0 Å². The normalized spacial score (nSPS) is 21.3. The molecule has 6 heteroatoms. The topological polar surface area (TPSA) is 77.9 Å². The van der Waals surface area contributed by atoms with E-state index in [0.717, 1.165) is 60.8 Å². The number of hydrogen-bond donors (Lipinski definition) is 2. The third kappa shape index (κ3) is 3.18. The van der Waals surface area contributed by atoms with E-state index in [1.54, 1.807) is 0 Å². The highest BCUT2D eigenvalue weighted by Gasteiger charge is 2.35. The van der Waals surface area contributed by atoms with Crippen LogP contribution in [-0.2, 0) is 19.3 Å². The molecule has 2 aliphatic rings. The first-order valence-corrected chi connectivity index (χ1v) is 10.1. The lowest BCUT2D eigenvalue weighted by molar-refractivity contribution is 0.148. The van der Waals surface area contributed by atoms with Gasteiger partial charge in [0.1, 0.15) is 5.82 Å². The highest BCUT2D eigenvalue weighted by atomic mass is 16.3. The van der Waals surface area contributed by atoms with Crippen molar-refractivity contribution in [3.8, 4) is 11.4 Å². The Morgan fingerprint density at radius 1 is 1.14 bits per heavy atom. The molecule has 3 heterocycles. The minimum atomic E-state index is -0.371. The van der Waals surface area contributed by atoms with E-state index >= 15 is 0 Å². The standard InChI is InChI=1S/C22H25N5O/c1-14-10-17(26-25-14)11-16-12-27(13-20(16)28)22-18-8-5-9-19(18)23-21(24-22)15-6-3-2-4-7-15/h2-4,6-7,10,16,20,28H,5,8-9,11-13H2,1H3,(H,25,26)/t16-,20-/m1/s1. The Hall–Kier alpha value is -2.73. The molecule has 144 valence electrons. The molecule has 2 N–H and O–H groups in total. The Bertz CT molecular complexity index is 984. The van der Waals surface area contributed by atoms with Crippen LogP contribution in [0.15, 0.2) is 36.4 Å². The van der Waals surface area contributed by atoms with Gasteiger partial charge >= 0.3 is 0 Å². The zero-order valence-electron chi connectivity index (χ0n) is 16.1. The van der Waals surface area contributed by atoms with Gasteiger partial charge in [0, 0.05) is 41.5 Å². The van der Waals surface area contributed by atoms with Gasteiger partial charge in [0.05, 0.1) is 11.8 Å². The fourth-order valence-corrected chi connectivity index (χ4v) is 4.47. The van der Waals surface area contributed by atoms with Gasteiger partial charge in [-0.1, -0.05) is 30.3 Å². The number of hydrogen-bond acceptors (Lipinski definition) is 5. The van der Waals surface area contributed by atoms with Crippen molar-refractivity contribution in [2.24, 2.45) is 5.92 Å². The van der Waals surface area contributed by atoms with Crippen LogP contribution in [0.3, 0.4) is 0 Å². The van der Waals surface area contributed by atoms with Gasteiger partial charge in [0.15, 0.2) is 5.82 Å². The number of aryl methyl sites for hydroxylation is 2. The molecule has 2 aromatic heterocycles. The lowest BCUT2D eigenvalue weighted by Crippen LogP contribution is -2.24.